The van der Waals surface area contributed by atoms with E-state index in [0.29, 0.717) is 0 Å². The molecule has 1 unspecified atom stereocenters. The molecule has 0 heterocycles. The van der Waals surface area contributed by atoms with E-state index in [2.05, 4.69) is 113 Å². The summed E-state index contributed by atoms with van der Waals surface area (Å²) in [6.07, 6.45) is 21.3. The van der Waals surface area contributed by atoms with Crippen molar-refractivity contribution in [3.05, 3.63) is 90.5 Å². The zero-order chi connectivity index (χ0) is 32.8. The van der Waals surface area contributed by atoms with Crippen LogP contribution in [0.2, 0.25) is 0 Å². The molecule has 2 saturated carbocycles. The first kappa shape index (κ1) is 34.6. The minimum atomic E-state index is -0.441. The van der Waals surface area contributed by atoms with Crippen molar-refractivity contribution < 1.29 is 27.5 Å². The van der Waals surface area contributed by atoms with E-state index < -0.39 is 11.9 Å². The molecule has 3 aliphatic rings. The van der Waals surface area contributed by atoms with Crippen molar-refractivity contribution in [2.24, 2.45) is 5.73 Å². The van der Waals surface area contributed by atoms with Gasteiger partial charge in [-0.2, -0.15) is 0 Å². The minimum absolute atomic E-state index is 0.0659. The molecule has 2 N–H and O–H groups in total. The molecule has 0 saturated heterocycles. The Morgan fingerprint density at radius 1 is 0.723 bits per heavy atom. The van der Waals surface area contributed by atoms with E-state index in [1.807, 2.05) is 0 Å². The van der Waals surface area contributed by atoms with Crippen LogP contribution in [0.25, 0.3) is 16.7 Å². The molecule has 254 valence electrons. The van der Waals surface area contributed by atoms with Crippen LogP contribution in [0.3, 0.4) is 0 Å². The van der Waals surface area contributed by atoms with Gasteiger partial charge in [0.25, 0.3) is 0 Å². The van der Waals surface area contributed by atoms with Crippen LogP contribution in [-0.4, -0.2) is 27.5 Å². The summed E-state index contributed by atoms with van der Waals surface area (Å²) in [7, 11) is -0.432. The van der Waals surface area contributed by atoms with E-state index in [0.717, 1.165) is 34.8 Å². The van der Waals surface area contributed by atoms with Crippen LogP contribution in [-0.2, 0) is 18.0 Å². The quantitative estimate of drug-likeness (QED) is 0.157. The van der Waals surface area contributed by atoms with Crippen molar-refractivity contribution in [2.45, 2.75) is 126 Å². The van der Waals surface area contributed by atoms with E-state index in [1.54, 1.807) is 5.30 Å². The summed E-state index contributed by atoms with van der Waals surface area (Å²) in [4.78, 5) is 0. The molecule has 3 aromatic carbocycles. The van der Waals surface area contributed by atoms with Crippen LogP contribution in [0.1, 0.15) is 104 Å². The first-order valence-electron chi connectivity index (χ1n) is 18.0. The van der Waals surface area contributed by atoms with E-state index in [4.69, 9.17) is 15.2 Å². The van der Waals surface area contributed by atoms with Gasteiger partial charge in [-0.25, -0.2) is 0 Å². The summed E-state index contributed by atoms with van der Waals surface area (Å²) in [5.74, 6) is 1.86. The zero-order valence-corrected chi connectivity index (χ0v) is 31.3. The summed E-state index contributed by atoms with van der Waals surface area (Å²) in [5, 5.41) is 1.61. The van der Waals surface area contributed by atoms with Gasteiger partial charge in [0.1, 0.15) is 0 Å². The molecule has 0 radical (unpaired) electrons. The molecule has 0 amide bonds. The predicted molar refractivity (Wildman–Crippen MR) is 198 cm³/mol. The van der Waals surface area contributed by atoms with Crippen molar-refractivity contribution >= 4 is 22.8 Å². The molecule has 0 aromatic heterocycles. The van der Waals surface area contributed by atoms with Crippen LogP contribution in [0.4, 0.5) is 0 Å². The summed E-state index contributed by atoms with van der Waals surface area (Å²) >= 11 is 0.164. The van der Waals surface area contributed by atoms with Crippen LogP contribution >= 0.6 is 7.92 Å². The maximum atomic E-state index is 7.63. The third-order valence-electron chi connectivity index (χ3n) is 9.68. The normalized spacial score (nSPS) is 21.1. The number of hydrogen-bond acceptors (Lipinski definition) is 3. The van der Waals surface area contributed by atoms with Gasteiger partial charge in [-0.15, -0.1) is 0 Å². The molecule has 3 aromatic rings. The van der Waals surface area contributed by atoms with Crippen molar-refractivity contribution in [3.63, 3.8) is 0 Å². The molecule has 0 bridgehead atoms. The van der Waals surface area contributed by atoms with Gasteiger partial charge in [0, 0.05) is 0 Å². The molecule has 3 aliphatic carbocycles. The average molecular weight is 742 g/mol. The molecule has 3 nitrogen and oxygen atoms in total. The fraction of sp³-hybridized carbons (Fsp3) is 0.476. The summed E-state index contributed by atoms with van der Waals surface area (Å²) in [6.45, 7) is 8.51. The number of ether oxygens (including phenoxy) is 2. The Bertz CT molecular complexity index is 1490. The van der Waals surface area contributed by atoms with Crippen LogP contribution in [0, 0.1) is 0 Å². The van der Waals surface area contributed by atoms with E-state index in [1.165, 1.54) is 84.9 Å². The van der Waals surface area contributed by atoms with Gasteiger partial charge in [-0.1, -0.05) is 0 Å². The average Bonchev–Trinajstić information content (AvgIpc) is 3.07. The fourth-order valence-electron chi connectivity index (χ4n) is 7.70. The van der Waals surface area contributed by atoms with Gasteiger partial charge in [-0.3, -0.25) is 0 Å². The molecule has 1 atom stereocenters. The topological polar surface area (TPSA) is 44.5 Å². The molecule has 2 fully saturated rings. The van der Waals surface area contributed by atoms with E-state index in [9.17, 15) is 0 Å². The van der Waals surface area contributed by atoms with Gasteiger partial charge in [0.2, 0.25) is 0 Å². The monoisotopic (exact) mass is 741 g/mol. The van der Waals surface area contributed by atoms with Gasteiger partial charge in [-0.05, 0) is 0 Å². The second-order valence-corrected chi connectivity index (χ2v) is 19.4. The Morgan fingerprint density at radius 2 is 1.30 bits per heavy atom. The number of hydrogen-bond donors (Lipinski definition) is 1. The Morgan fingerprint density at radius 3 is 1.87 bits per heavy atom. The van der Waals surface area contributed by atoms with Crippen LogP contribution in [0.15, 0.2) is 85.0 Å². The number of benzene rings is 3. The summed E-state index contributed by atoms with van der Waals surface area (Å²) < 4.78 is 14.3. The molecule has 0 aliphatic heterocycles. The van der Waals surface area contributed by atoms with Crippen molar-refractivity contribution in [2.75, 3.05) is 0 Å². The Labute approximate surface area is 293 Å². The Kier molecular flexibility index (Phi) is 11.8. The van der Waals surface area contributed by atoms with Gasteiger partial charge >= 0.3 is 295 Å². The van der Waals surface area contributed by atoms with Crippen LogP contribution < -0.4 is 24.5 Å². The Balaban J connectivity index is 1.58. The standard InChI is InChI=1S/C30H42O2P.C12H12N.Pd/c1-22(2)31-27-19-13-20-28(32-23(3)4)30(27)26-18-11-12-21-29(26)33(24-14-7-5-8-15-24)25-16-9-6-10-17-25;13-12-9-5-4-8-11(12)10-6-2-1-3-7-10;/h11-13,18-20,22-25H,5-10,14-17H2,1-4H3;1-8H,9,13H2;. The van der Waals surface area contributed by atoms with Crippen molar-refractivity contribution in [1.82, 2.24) is 0 Å². The SMILES string of the molecule is CC(C)Oc1cccc(OC(C)C)c1-c1ccc[c]([Pd][C]2(N)CC=CC=C2c2ccccc2)c1P(C1CCCCC1)C1CCCCC1. The second kappa shape index (κ2) is 16.0. The number of rotatable bonds is 11. The Hall–Kier alpha value is -2.21. The van der Waals surface area contributed by atoms with Gasteiger partial charge in [0.15, 0.2) is 0 Å². The molecule has 0 spiro atoms. The molecular formula is C42H54NO2PPd. The van der Waals surface area contributed by atoms with Gasteiger partial charge in [0.05, 0.1) is 0 Å². The predicted octanol–water partition coefficient (Wildman–Crippen LogP) is 10.1. The molecule has 5 heteroatoms. The van der Waals surface area contributed by atoms with Crippen LogP contribution in [0.5, 0.6) is 11.5 Å². The van der Waals surface area contributed by atoms with Crippen molar-refractivity contribution in [3.8, 4) is 22.6 Å². The number of allylic oxidation sites excluding steroid dienone is 2. The summed E-state index contributed by atoms with van der Waals surface area (Å²) in [6, 6.07) is 24.4. The summed E-state index contributed by atoms with van der Waals surface area (Å²) in [5.41, 5.74) is 14.1. The van der Waals surface area contributed by atoms with E-state index in [-0.39, 0.29) is 30.2 Å². The van der Waals surface area contributed by atoms with Crippen molar-refractivity contribution in [1.29, 1.82) is 0 Å². The van der Waals surface area contributed by atoms with E-state index >= 15 is 0 Å². The fourth-order valence-corrected chi connectivity index (χ4v) is 14.8. The first-order chi connectivity index (χ1) is 22.8. The molecule has 6 rings (SSSR count). The second-order valence-electron chi connectivity index (χ2n) is 14.0. The molecular weight excluding hydrogens is 688 g/mol. The third-order valence-corrected chi connectivity index (χ3v) is 16.1. The van der Waals surface area contributed by atoms with Gasteiger partial charge < -0.3 is 0 Å². The maximum absolute atomic E-state index is 7.63. The molecule has 47 heavy (non-hydrogen) atoms. The third kappa shape index (κ3) is 8.16. The first-order valence-corrected chi connectivity index (χ1v) is 21.1. The number of nitrogens with two attached hydrogens (primary N) is 1. The zero-order valence-electron chi connectivity index (χ0n) is 28.8.